The third-order valence-electron chi connectivity index (χ3n) is 6.27. The maximum atomic E-state index is 13.7. The molecular formula is C26H31N3O3. The van der Waals surface area contributed by atoms with Crippen LogP contribution in [-0.4, -0.2) is 33.0 Å². The average Bonchev–Trinajstić information content (AvgIpc) is 3.21. The molecule has 2 heterocycles. The molecule has 2 amide bonds. The molecule has 3 aromatic rings. The highest BCUT2D eigenvalue weighted by atomic mass is 16.5. The number of rotatable bonds is 10. The predicted molar refractivity (Wildman–Crippen MR) is 124 cm³/mol. The van der Waals surface area contributed by atoms with Crippen molar-refractivity contribution in [2.45, 2.75) is 58.0 Å². The van der Waals surface area contributed by atoms with E-state index in [1.165, 1.54) is 11.1 Å². The molecule has 6 heteroatoms. The largest absolute Gasteiger partial charge is 0.346 e. The smallest absolute Gasteiger partial charge is 0.256 e. The van der Waals surface area contributed by atoms with Crippen LogP contribution in [0, 0.1) is 0 Å². The molecule has 32 heavy (non-hydrogen) atoms. The predicted octanol–water partition coefficient (Wildman–Crippen LogP) is 4.69. The summed E-state index contributed by atoms with van der Waals surface area (Å²) in [4.78, 5) is 26.8. The van der Waals surface area contributed by atoms with Crippen molar-refractivity contribution in [1.29, 1.82) is 0 Å². The van der Waals surface area contributed by atoms with Crippen LogP contribution < -0.4 is 5.48 Å². The van der Waals surface area contributed by atoms with Gasteiger partial charge in [0.05, 0.1) is 11.1 Å². The van der Waals surface area contributed by atoms with Crippen molar-refractivity contribution in [3.63, 3.8) is 0 Å². The van der Waals surface area contributed by atoms with E-state index >= 15 is 0 Å². The van der Waals surface area contributed by atoms with Gasteiger partial charge in [-0.25, -0.2) is 5.48 Å². The van der Waals surface area contributed by atoms with Gasteiger partial charge in [0.2, 0.25) is 5.91 Å². The van der Waals surface area contributed by atoms with E-state index in [4.69, 9.17) is 5.21 Å². The van der Waals surface area contributed by atoms with Crippen molar-refractivity contribution in [2.75, 3.05) is 6.54 Å². The van der Waals surface area contributed by atoms with Gasteiger partial charge in [0, 0.05) is 37.6 Å². The van der Waals surface area contributed by atoms with Crippen LogP contribution in [0.4, 0.5) is 0 Å². The highest BCUT2D eigenvalue weighted by Gasteiger charge is 2.23. The van der Waals surface area contributed by atoms with Gasteiger partial charge < -0.3 is 9.47 Å². The maximum Gasteiger partial charge on any atom is 0.256 e. The summed E-state index contributed by atoms with van der Waals surface area (Å²) in [7, 11) is 0. The summed E-state index contributed by atoms with van der Waals surface area (Å²) in [5.74, 6) is -0.268. The fourth-order valence-corrected chi connectivity index (χ4v) is 4.65. The van der Waals surface area contributed by atoms with E-state index in [1.807, 2.05) is 29.3 Å². The SMILES string of the molecule is O=C(CCCCCCN(Cc1ccccc1)C(=O)c1cn2c3c(cccc13)CCC2)NO. The lowest BCUT2D eigenvalue weighted by atomic mass is 10.0. The van der Waals surface area contributed by atoms with Crippen LogP contribution in [0.15, 0.2) is 54.7 Å². The molecule has 0 saturated heterocycles. The van der Waals surface area contributed by atoms with Crippen molar-refractivity contribution in [3.05, 3.63) is 71.4 Å². The Labute approximate surface area is 188 Å². The summed E-state index contributed by atoms with van der Waals surface area (Å²) in [6, 6.07) is 16.4. The highest BCUT2D eigenvalue weighted by molar-refractivity contribution is 6.07. The van der Waals surface area contributed by atoms with Crippen LogP contribution in [0.5, 0.6) is 0 Å². The molecule has 0 spiro atoms. The number of amides is 2. The standard InChI is InChI=1S/C26H31N3O3/c30-24(27-32)15-6-1-2-7-16-29(18-20-10-4-3-5-11-20)26(31)23-19-28-17-9-13-21-12-8-14-22(23)25(21)28/h3-5,8,10-12,14,19,32H,1-2,6-7,9,13,15-18H2,(H,27,30). The Morgan fingerprint density at radius 3 is 2.62 bits per heavy atom. The van der Waals surface area contributed by atoms with Gasteiger partial charge in [-0.05, 0) is 36.8 Å². The van der Waals surface area contributed by atoms with Gasteiger partial charge in [-0.1, -0.05) is 61.4 Å². The number of carbonyl (C=O) groups excluding carboxylic acids is 2. The number of para-hydroxylation sites is 1. The second kappa shape index (κ2) is 10.5. The second-order valence-corrected chi connectivity index (χ2v) is 8.56. The molecule has 1 aromatic heterocycles. The Bertz CT molecular complexity index is 1070. The zero-order valence-electron chi connectivity index (χ0n) is 18.4. The Kier molecular flexibility index (Phi) is 7.22. The van der Waals surface area contributed by atoms with Crippen LogP contribution >= 0.6 is 0 Å². The molecule has 4 rings (SSSR count). The number of hydrogen-bond acceptors (Lipinski definition) is 3. The van der Waals surface area contributed by atoms with E-state index < -0.39 is 0 Å². The summed E-state index contributed by atoms with van der Waals surface area (Å²) in [6.07, 6.45) is 7.98. The lowest BCUT2D eigenvalue weighted by molar-refractivity contribution is -0.129. The fourth-order valence-electron chi connectivity index (χ4n) is 4.65. The van der Waals surface area contributed by atoms with Gasteiger partial charge in [0.25, 0.3) is 5.91 Å². The van der Waals surface area contributed by atoms with E-state index in [-0.39, 0.29) is 11.8 Å². The fraction of sp³-hybridized carbons (Fsp3) is 0.385. The molecule has 0 atom stereocenters. The maximum absolute atomic E-state index is 13.7. The minimum absolute atomic E-state index is 0.0799. The summed E-state index contributed by atoms with van der Waals surface area (Å²) in [6.45, 7) is 2.21. The molecule has 0 radical (unpaired) electrons. The van der Waals surface area contributed by atoms with Crippen LogP contribution in [0.3, 0.4) is 0 Å². The molecular weight excluding hydrogens is 402 g/mol. The lowest BCUT2D eigenvalue weighted by Crippen LogP contribution is -2.31. The first kappa shape index (κ1) is 22.1. The third kappa shape index (κ3) is 5.02. The van der Waals surface area contributed by atoms with Crippen LogP contribution in [0.25, 0.3) is 10.9 Å². The molecule has 2 aromatic carbocycles. The second-order valence-electron chi connectivity index (χ2n) is 8.56. The zero-order valence-corrected chi connectivity index (χ0v) is 18.4. The Morgan fingerprint density at radius 2 is 1.81 bits per heavy atom. The van der Waals surface area contributed by atoms with Crippen LogP contribution in [0.2, 0.25) is 0 Å². The van der Waals surface area contributed by atoms with Gasteiger partial charge in [-0.3, -0.25) is 14.8 Å². The first-order valence-electron chi connectivity index (χ1n) is 11.5. The average molecular weight is 434 g/mol. The molecule has 0 saturated carbocycles. The van der Waals surface area contributed by atoms with Gasteiger partial charge in [-0.15, -0.1) is 0 Å². The summed E-state index contributed by atoms with van der Waals surface area (Å²) < 4.78 is 2.24. The third-order valence-corrected chi connectivity index (χ3v) is 6.27. The number of hydrogen-bond donors (Lipinski definition) is 2. The Balaban J connectivity index is 1.48. The van der Waals surface area contributed by atoms with Gasteiger partial charge >= 0.3 is 0 Å². The van der Waals surface area contributed by atoms with Crippen molar-refractivity contribution in [3.8, 4) is 0 Å². The number of aryl methyl sites for hydroxylation is 2. The van der Waals surface area contributed by atoms with E-state index in [9.17, 15) is 9.59 Å². The quantitative estimate of drug-likeness (QED) is 0.277. The molecule has 2 N–H and O–H groups in total. The summed E-state index contributed by atoms with van der Waals surface area (Å²) in [5.41, 5.74) is 6.12. The molecule has 168 valence electrons. The molecule has 0 unspecified atom stereocenters. The van der Waals surface area contributed by atoms with Crippen molar-refractivity contribution >= 4 is 22.7 Å². The van der Waals surface area contributed by atoms with E-state index in [0.29, 0.717) is 19.5 Å². The van der Waals surface area contributed by atoms with Gasteiger partial charge in [0.15, 0.2) is 0 Å². The number of unbranched alkanes of at least 4 members (excludes halogenated alkanes) is 3. The minimum atomic E-state index is -0.348. The van der Waals surface area contributed by atoms with Crippen LogP contribution in [0.1, 0.15) is 60.0 Å². The number of benzene rings is 2. The number of nitrogens with one attached hydrogen (secondary N) is 1. The van der Waals surface area contributed by atoms with Crippen molar-refractivity contribution in [1.82, 2.24) is 14.9 Å². The molecule has 1 aliphatic rings. The topological polar surface area (TPSA) is 74.6 Å². The molecule has 1 aliphatic heterocycles. The minimum Gasteiger partial charge on any atom is -0.346 e. The van der Waals surface area contributed by atoms with Crippen molar-refractivity contribution in [2.24, 2.45) is 0 Å². The van der Waals surface area contributed by atoms with E-state index in [1.54, 1.807) is 5.48 Å². The number of hydroxylamine groups is 1. The van der Waals surface area contributed by atoms with Gasteiger partial charge in [0.1, 0.15) is 0 Å². The highest BCUT2D eigenvalue weighted by Crippen LogP contribution is 2.30. The first-order valence-corrected chi connectivity index (χ1v) is 11.5. The normalized spacial score (nSPS) is 12.7. The molecule has 6 nitrogen and oxygen atoms in total. The Hall–Kier alpha value is -3.12. The summed E-state index contributed by atoms with van der Waals surface area (Å²) >= 11 is 0. The van der Waals surface area contributed by atoms with Crippen molar-refractivity contribution < 1.29 is 14.8 Å². The molecule has 0 fully saturated rings. The molecule has 0 bridgehead atoms. The first-order chi connectivity index (χ1) is 15.7. The summed E-state index contributed by atoms with van der Waals surface area (Å²) in [5, 5.41) is 9.65. The van der Waals surface area contributed by atoms with E-state index in [2.05, 4.69) is 34.9 Å². The number of carbonyl (C=O) groups is 2. The lowest BCUT2D eigenvalue weighted by Gasteiger charge is -2.23. The monoisotopic (exact) mass is 433 g/mol. The molecule has 0 aliphatic carbocycles. The van der Waals surface area contributed by atoms with E-state index in [0.717, 1.165) is 61.6 Å². The number of aromatic nitrogens is 1. The van der Waals surface area contributed by atoms with Gasteiger partial charge in [-0.2, -0.15) is 0 Å². The Morgan fingerprint density at radius 1 is 1.00 bits per heavy atom. The number of nitrogens with zero attached hydrogens (tertiary/aromatic N) is 2. The van der Waals surface area contributed by atoms with Crippen LogP contribution in [-0.2, 0) is 24.3 Å². The zero-order chi connectivity index (χ0) is 22.3.